The van der Waals surface area contributed by atoms with Crippen LogP contribution in [0.5, 0.6) is 0 Å². The number of carbonyl (C=O) groups is 1. The Kier molecular flexibility index (Phi) is 2.72. The van der Waals surface area contributed by atoms with Crippen LogP contribution >= 0.6 is 0 Å². The van der Waals surface area contributed by atoms with Crippen LogP contribution in [-0.4, -0.2) is 21.8 Å². The molecule has 2 rings (SSSR count). The Morgan fingerprint density at radius 2 is 2.19 bits per heavy atom. The van der Waals surface area contributed by atoms with Gasteiger partial charge in [0.1, 0.15) is 0 Å². The standard InChI is InChI=1S/C13H16O3/c1-13(16,12(14)15)8-10-6-2-4-9-5-3-7-11(9)10/h2,4,6,16H,3,5,7-8H2,1H3,(H,14,15). The molecule has 16 heavy (non-hydrogen) atoms. The maximum absolute atomic E-state index is 10.9. The molecule has 2 N–H and O–H groups in total. The summed E-state index contributed by atoms with van der Waals surface area (Å²) >= 11 is 0. The summed E-state index contributed by atoms with van der Waals surface area (Å²) in [5.41, 5.74) is 1.85. The molecule has 0 bridgehead atoms. The lowest BCUT2D eigenvalue weighted by molar-refractivity contribution is -0.156. The van der Waals surface area contributed by atoms with Gasteiger partial charge in [-0.05, 0) is 42.9 Å². The number of aryl methyl sites for hydroxylation is 1. The van der Waals surface area contributed by atoms with Gasteiger partial charge in [-0.15, -0.1) is 0 Å². The first kappa shape index (κ1) is 11.1. The lowest BCUT2D eigenvalue weighted by atomic mass is 9.92. The Hall–Kier alpha value is -1.35. The van der Waals surface area contributed by atoms with Crippen LogP contribution in [0.3, 0.4) is 0 Å². The predicted molar refractivity (Wildman–Crippen MR) is 60.4 cm³/mol. The second-order valence-electron chi connectivity index (χ2n) is 4.66. The fourth-order valence-corrected chi connectivity index (χ4v) is 2.31. The number of hydrogen-bond donors (Lipinski definition) is 2. The second kappa shape index (κ2) is 3.91. The van der Waals surface area contributed by atoms with E-state index in [1.54, 1.807) is 0 Å². The monoisotopic (exact) mass is 220 g/mol. The van der Waals surface area contributed by atoms with Gasteiger partial charge < -0.3 is 10.2 Å². The van der Waals surface area contributed by atoms with Crippen LogP contribution in [0.1, 0.15) is 30.0 Å². The van der Waals surface area contributed by atoms with Crippen LogP contribution in [0.2, 0.25) is 0 Å². The first-order chi connectivity index (χ1) is 7.50. The highest BCUT2D eigenvalue weighted by atomic mass is 16.4. The van der Waals surface area contributed by atoms with Gasteiger partial charge in [0.2, 0.25) is 0 Å². The highest BCUT2D eigenvalue weighted by Gasteiger charge is 2.31. The molecule has 0 saturated carbocycles. The Morgan fingerprint density at radius 1 is 1.44 bits per heavy atom. The topological polar surface area (TPSA) is 57.5 Å². The predicted octanol–water partition coefficient (Wildman–Crippen LogP) is 1.55. The number of aliphatic hydroxyl groups is 1. The van der Waals surface area contributed by atoms with Crippen molar-refractivity contribution < 1.29 is 15.0 Å². The number of carboxylic acids is 1. The van der Waals surface area contributed by atoms with Gasteiger partial charge in [-0.1, -0.05) is 18.2 Å². The summed E-state index contributed by atoms with van der Waals surface area (Å²) < 4.78 is 0. The van der Waals surface area contributed by atoms with Crippen molar-refractivity contribution in [2.24, 2.45) is 0 Å². The zero-order valence-electron chi connectivity index (χ0n) is 9.36. The maximum atomic E-state index is 10.9. The van der Waals surface area contributed by atoms with E-state index in [4.69, 9.17) is 5.11 Å². The van der Waals surface area contributed by atoms with Crippen molar-refractivity contribution >= 4 is 5.97 Å². The fourth-order valence-electron chi connectivity index (χ4n) is 2.31. The van der Waals surface area contributed by atoms with Gasteiger partial charge in [0.15, 0.2) is 5.60 Å². The van der Waals surface area contributed by atoms with E-state index in [0.29, 0.717) is 0 Å². The average Bonchev–Trinajstić information content (AvgIpc) is 2.65. The molecule has 1 aliphatic rings. The van der Waals surface area contributed by atoms with Gasteiger partial charge in [-0.25, -0.2) is 4.79 Å². The van der Waals surface area contributed by atoms with Crippen LogP contribution < -0.4 is 0 Å². The minimum absolute atomic E-state index is 0.186. The fraction of sp³-hybridized carbons (Fsp3) is 0.462. The second-order valence-corrected chi connectivity index (χ2v) is 4.66. The van der Waals surface area contributed by atoms with Gasteiger partial charge in [0.05, 0.1) is 0 Å². The van der Waals surface area contributed by atoms with Crippen LogP contribution in [-0.2, 0) is 24.1 Å². The number of carboxylic acid groups (broad SMARTS) is 1. The maximum Gasteiger partial charge on any atom is 0.335 e. The molecule has 3 nitrogen and oxygen atoms in total. The normalized spacial score (nSPS) is 17.9. The van der Waals surface area contributed by atoms with Gasteiger partial charge in [0.25, 0.3) is 0 Å². The molecular weight excluding hydrogens is 204 g/mol. The third-order valence-corrected chi connectivity index (χ3v) is 3.24. The Labute approximate surface area is 94.7 Å². The van der Waals surface area contributed by atoms with E-state index in [2.05, 4.69) is 6.07 Å². The molecule has 0 saturated heterocycles. The highest BCUT2D eigenvalue weighted by molar-refractivity contribution is 5.77. The molecule has 1 aromatic carbocycles. The van der Waals surface area contributed by atoms with Crippen molar-refractivity contribution in [1.82, 2.24) is 0 Å². The summed E-state index contributed by atoms with van der Waals surface area (Å²) in [4.78, 5) is 10.9. The molecule has 86 valence electrons. The van der Waals surface area contributed by atoms with Crippen molar-refractivity contribution in [3.05, 3.63) is 34.9 Å². The molecule has 3 heteroatoms. The molecule has 1 atom stereocenters. The van der Waals surface area contributed by atoms with E-state index in [9.17, 15) is 9.90 Å². The van der Waals surface area contributed by atoms with E-state index >= 15 is 0 Å². The molecule has 0 aromatic heterocycles. The summed E-state index contributed by atoms with van der Waals surface area (Å²) in [5.74, 6) is -1.16. The van der Waals surface area contributed by atoms with Crippen molar-refractivity contribution in [2.75, 3.05) is 0 Å². The molecule has 1 aliphatic carbocycles. The third kappa shape index (κ3) is 1.95. The summed E-state index contributed by atoms with van der Waals surface area (Å²) in [7, 11) is 0. The molecular formula is C13H16O3. The minimum atomic E-state index is -1.67. The highest BCUT2D eigenvalue weighted by Crippen LogP contribution is 2.27. The van der Waals surface area contributed by atoms with E-state index in [1.165, 1.54) is 18.1 Å². The summed E-state index contributed by atoms with van der Waals surface area (Å²) in [5, 5.41) is 18.7. The van der Waals surface area contributed by atoms with Crippen molar-refractivity contribution in [3.63, 3.8) is 0 Å². The average molecular weight is 220 g/mol. The SMILES string of the molecule is CC(O)(Cc1cccc2c1CCC2)C(=O)O. The first-order valence-electron chi connectivity index (χ1n) is 5.56. The number of fused-ring (bicyclic) bond motifs is 1. The van der Waals surface area contributed by atoms with Crippen molar-refractivity contribution in [2.45, 2.75) is 38.2 Å². The Balaban J connectivity index is 2.29. The lowest BCUT2D eigenvalue weighted by Crippen LogP contribution is -2.37. The van der Waals surface area contributed by atoms with Crippen LogP contribution in [0.15, 0.2) is 18.2 Å². The van der Waals surface area contributed by atoms with Gasteiger partial charge in [0, 0.05) is 6.42 Å². The molecule has 0 aliphatic heterocycles. The van der Waals surface area contributed by atoms with E-state index in [0.717, 1.165) is 24.8 Å². The van der Waals surface area contributed by atoms with Crippen molar-refractivity contribution in [3.8, 4) is 0 Å². The molecule has 1 unspecified atom stereocenters. The molecule has 0 amide bonds. The quantitative estimate of drug-likeness (QED) is 0.812. The van der Waals surface area contributed by atoms with Gasteiger partial charge >= 0.3 is 5.97 Å². The minimum Gasteiger partial charge on any atom is -0.479 e. The number of benzene rings is 1. The zero-order chi connectivity index (χ0) is 11.8. The van der Waals surface area contributed by atoms with E-state index < -0.39 is 11.6 Å². The Bertz CT molecular complexity index is 421. The van der Waals surface area contributed by atoms with Gasteiger partial charge in [-0.3, -0.25) is 0 Å². The molecule has 0 heterocycles. The zero-order valence-corrected chi connectivity index (χ0v) is 9.36. The Morgan fingerprint density at radius 3 is 2.88 bits per heavy atom. The molecule has 1 aromatic rings. The van der Waals surface area contributed by atoms with Gasteiger partial charge in [-0.2, -0.15) is 0 Å². The third-order valence-electron chi connectivity index (χ3n) is 3.24. The van der Waals surface area contributed by atoms with E-state index in [1.807, 2.05) is 12.1 Å². The first-order valence-corrected chi connectivity index (χ1v) is 5.56. The molecule has 0 spiro atoms. The molecule has 0 radical (unpaired) electrons. The number of hydrogen-bond acceptors (Lipinski definition) is 2. The summed E-state index contributed by atoms with van der Waals surface area (Å²) in [6.45, 7) is 1.35. The van der Waals surface area contributed by atoms with Crippen LogP contribution in [0.25, 0.3) is 0 Å². The van der Waals surface area contributed by atoms with E-state index in [-0.39, 0.29) is 6.42 Å². The molecule has 0 fully saturated rings. The summed E-state index contributed by atoms with van der Waals surface area (Å²) in [6, 6.07) is 5.94. The lowest BCUT2D eigenvalue weighted by Gasteiger charge is -2.19. The number of aliphatic carboxylic acids is 1. The van der Waals surface area contributed by atoms with Crippen LogP contribution in [0, 0.1) is 0 Å². The van der Waals surface area contributed by atoms with Crippen molar-refractivity contribution in [1.29, 1.82) is 0 Å². The number of rotatable bonds is 3. The smallest absolute Gasteiger partial charge is 0.335 e. The summed E-state index contributed by atoms with van der Waals surface area (Å²) in [6.07, 6.45) is 3.38. The van der Waals surface area contributed by atoms with Crippen LogP contribution in [0.4, 0.5) is 0 Å². The largest absolute Gasteiger partial charge is 0.479 e.